The van der Waals surface area contributed by atoms with Crippen LogP contribution in [0.3, 0.4) is 0 Å². The molecular weight excluding hydrogens is 435 g/mol. The van der Waals surface area contributed by atoms with Gasteiger partial charge in [0, 0.05) is 0 Å². The normalized spacial score (nSPS) is 13.5. The van der Waals surface area contributed by atoms with Crippen molar-refractivity contribution in [2.24, 2.45) is 0 Å². The predicted molar refractivity (Wildman–Crippen MR) is 146 cm³/mol. The molecule has 0 saturated heterocycles. The topological polar surface area (TPSA) is 0 Å². The molecule has 0 heterocycles. The molecule has 0 amide bonds. The standard InChI is InChI=1S/C27H58BrP/c1-5-6-7-8-9-10-11-12-13-14-15-16-17-18-19-20-21-22-23-24-25-26-27-29(2,3,4)28/h5-27H2,1-4H3. The number of rotatable bonds is 23. The average molecular weight is 494 g/mol. The molecular formula is C27H58BrP. The fraction of sp³-hybridized carbons (Fsp3) is 1.00. The average Bonchev–Trinajstić information content (AvgIpc) is 2.64. The number of halogens is 1. The summed E-state index contributed by atoms with van der Waals surface area (Å²) in [6.07, 6.45) is 33.7. The van der Waals surface area contributed by atoms with Gasteiger partial charge >= 0.3 is 118 Å². The van der Waals surface area contributed by atoms with Crippen molar-refractivity contribution in [3.63, 3.8) is 0 Å². The minimum absolute atomic E-state index is 1.37. The maximum atomic E-state index is 3.97. The van der Waals surface area contributed by atoms with Crippen LogP contribution < -0.4 is 0 Å². The van der Waals surface area contributed by atoms with Gasteiger partial charge in [-0.25, -0.2) is 0 Å². The van der Waals surface area contributed by atoms with E-state index in [9.17, 15) is 0 Å². The van der Waals surface area contributed by atoms with E-state index in [4.69, 9.17) is 0 Å². The minimum atomic E-state index is -1.42. The van der Waals surface area contributed by atoms with Gasteiger partial charge in [-0.1, -0.05) is 77.6 Å². The Bertz CT molecular complexity index is 322. The fourth-order valence-corrected chi connectivity index (χ4v) is 6.30. The van der Waals surface area contributed by atoms with Gasteiger partial charge in [0.05, 0.1) is 0 Å². The van der Waals surface area contributed by atoms with Crippen molar-refractivity contribution in [3.05, 3.63) is 0 Å². The summed E-state index contributed by atoms with van der Waals surface area (Å²) in [5, 5.41) is -1.42. The first-order chi connectivity index (χ1) is 13.8. The van der Waals surface area contributed by atoms with Crippen LogP contribution in [0.5, 0.6) is 0 Å². The van der Waals surface area contributed by atoms with Gasteiger partial charge in [0.25, 0.3) is 0 Å². The molecule has 0 nitrogen and oxygen atoms in total. The summed E-state index contributed by atoms with van der Waals surface area (Å²) in [6, 6.07) is 0. The van der Waals surface area contributed by atoms with E-state index >= 15 is 0 Å². The Kier molecular flexibility index (Phi) is 20.2. The molecule has 0 aromatic carbocycles. The molecule has 0 aromatic heterocycles. The van der Waals surface area contributed by atoms with Gasteiger partial charge in [-0.2, -0.15) is 0 Å². The van der Waals surface area contributed by atoms with E-state index in [1.807, 2.05) is 0 Å². The third-order valence-corrected chi connectivity index (χ3v) is 9.16. The Morgan fingerprint density at radius 3 is 0.793 bits per heavy atom. The Morgan fingerprint density at radius 2 is 0.586 bits per heavy atom. The van der Waals surface area contributed by atoms with Gasteiger partial charge in [0.2, 0.25) is 0 Å². The Labute approximate surface area is 194 Å². The SMILES string of the molecule is CCCCCCCCCCCCCCCCCCCCCCCCP(C)(C)(C)Br. The first-order valence-corrected chi connectivity index (χ1v) is 19.3. The van der Waals surface area contributed by atoms with Gasteiger partial charge in [-0.3, -0.25) is 0 Å². The number of unbranched alkanes of at least 4 members (excludes halogenated alkanes) is 21. The van der Waals surface area contributed by atoms with Crippen LogP contribution in [0.25, 0.3) is 0 Å². The third kappa shape index (κ3) is 28.9. The van der Waals surface area contributed by atoms with Gasteiger partial charge in [0.1, 0.15) is 0 Å². The maximum absolute atomic E-state index is 3.97. The molecule has 178 valence electrons. The Morgan fingerprint density at radius 1 is 0.379 bits per heavy atom. The van der Waals surface area contributed by atoms with Crippen molar-refractivity contribution >= 4 is 20.8 Å². The third-order valence-electron chi connectivity index (χ3n) is 6.27. The molecule has 2 heteroatoms. The molecule has 0 N–H and O–H groups in total. The van der Waals surface area contributed by atoms with E-state index in [1.165, 1.54) is 147 Å². The first-order valence-electron chi connectivity index (χ1n) is 13.5. The zero-order valence-corrected chi connectivity index (χ0v) is 23.6. The molecule has 29 heavy (non-hydrogen) atoms. The molecule has 0 unspecified atom stereocenters. The molecule has 0 fully saturated rings. The molecule has 0 bridgehead atoms. The molecule has 0 rings (SSSR count). The number of hydrogen-bond donors (Lipinski definition) is 0. The molecule has 0 radical (unpaired) electrons. The van der Waals surface area contributed by atoms with Gasteiger partial charge in [0.15, 0.2) is 0 Å². The monoisotopic (exact) mass is 492 g/mol. The number of hydrogen-bond acceptors (Lipinski definition) is 0. The van der Waals surface area contributed by atoms with E-state index in [0.29, 0.717) is 0 Å². The van der Waals surface area contributed by atoms with Crippen LogP contribution in [-0.4, -0.2) is 26.2 Å². The van der Waals surface area contributed by atoms with Crippen LogP contribution >= 0.6 is 20.8 Å². The van der Waals surface area contributed by atoms with Crippen LogP contribution in [0, 0.1) is 0 Å². The summed E-state index contributed by atoms with van der Waals surface area (Å²) in [4.78, 5) is 0. The van der Waals surface area contributed by atoms with Crippen LogP contribution in [0.4, 0.5) is 0 Å². The van der Waals surface area contributed by atoms with Crippen molar-refractivity contribution in [3.8, 4) is 0 Å². The molecule has 0 aliphatic heterocycles. The van der Waals surface area contributed by atoms with Crippen molar-refractivity contribution in [2.45, 2.75) is 148 Å². The van der Waals surface area contributed by atoms with Crippen LogP contribution in [-0.2, 0) is 0 Å². The van der Waals surface area contributed by atoms with Crippen LogP contribution in [0.15, 0.2) is 0 Å². The van der Waals surface area contributed by atoms with Gasteiger partial charge in [-0.05, 0) is 0 Å². The summed E-state index contributed by atoms with van der Waals surface area (Å²) in [5.74, 6) is 0. The second-order valence-corrected chi connectivity index (χ2v) is 25.2. The second kappa shape index (κ2) is 19.6. The van der Waals surface area contributed by atoms with Crippen LogP contribution in [0.1, 0.15) is 148 Å². The van der Waals surface area contributed by atoms with Gasteiger partial charge in [-0.15, -0.1) is 0 Å². The Balaban J connectivity index is 3.07. The van der Waals surface area contributed by atoms with E-state index in [-0.39, 0.29) is 0 Å². The quantitative estimate of drug-likeness (QED) is 0.0980. The second-order valence-electron chi connectivity index (χ2n) is 11.1. The van der Waals surface area contributed by atoms with Crippen molar-refractivity contribution in [1.82, 2.24) is 0 Å². The van der Waals surface area contributed by atoms with E-state index in [2.05, 4.69) is 42.4 Å². The zero-order chi connectivity index (χ0) is 21.7. The van der Waals surface area contributed by atoms with Crippen LogP contribution in [0.2, 0.25) is 0 Å². The summed E-state index contributed by atoms with van der Waals surface area (Å²) in [7, 11) is 0. The molecule has 0 atom stereocenters. The van der Waals surface area contributed by atoms with Gasteiger partial charge < -0.3 is 0 Å². The summed E-state index contributed by atoms with van der Waals surface area (Å²) >= 11 is 3.97. The van der Waals surface area contributed by atoms with E-state index < -0.39 is 5.31 Å². The van der Waals surface area contributed by atoms with E-state index in [1.54, 1.807) is 0 Å². The van der Waals surface area contributed by atoms with Crippen molar-refractivity contribution in [2.75, 3.05) is 26.2 Å². The van der Waals surface area contributed by atoms with Crippen molar-refractivity contribution < 1.29 is 0 Å². The predicted octanol–water partition coefficient (Wildman–Crippen LogP) is 11.3. The molecule has 0 aliphatic rings. The molecule has 0 saturated carbocycles. The zero-order valence-electron chi connectivity index (χ0n) is 21.1. The van der Waals surface area contributed by atoms with E-state index in [0.717, 1.165) is 0 Å². The summed E-state index contributed by atoms with van der Waals surface area (Å²) < 4.78 is 0. The molecule has 0 aliphatic carbocycles. The summed E-state index contributed by atoms with van der Waals surface area (Å²) in [5.41, 5.74) is 0. The Hall–Kier alpha value is 0.910. The fourth-order valence-electron chi connectivity index (χ4n) is 4.25. The molecule has 0 aromatic rings. The van der Waals surface area contributed by atoms with Crippen molar-refractivity contribution in [1.29, 1.82) is 0 Å². The summed E-state index contributed by atoms with van der Waals surface area (Å²) in [6.45, 7) is 9.60. The molecule has 0 spiro atoms. The first kappa shape index (κ1) is 29.9.